The molecule has 1 saturated heterocycles. The third-order valence-electron chi connectivity index (χ3n) is 7.65. The molecule has 0 radical (unpaired) electrons. The van der Waals surface area contributed by atoms with E-state index in [1.165, 1.54) is 30.1 Å². The van der Waals surface area contributed by atoms with Crippen LogP contribution in [0.5, 0.6) is 5.75 Å². The van der Waals surface area contributed by atoms with Crippen LogP contribution in [0.4, 0.5) is 10.2 Å². The minimum absolute atomic E-state index is 0.0194. The molecule has 214 valence electrons. The minimum Gasteiger partial charge on any atom is -0.493 e. The molecule has 2 N–H and O–H groups in total. The number of halogens is 1. The summed E-state index contributed by atoms with van der Waals surface area (Å²) in [5.74, 6) is -0.558. The van der Waals surface area contributed by atoms with Crippen molar-refractivity contribution in [2.24, 2.45) is 0 Å². The highest BCUT2D eigenvalue weighted by atomic mass is 32.1. The molecule has 3 aromatic rings. The van der Waals surface area contributed by atoms with E-state index in [1.54, 1.807) is 17.8 Å². The second kappa shape index (κ2) is 13.5. The molecule has 4 heterocycles. The zero-order valence-corrected chi connectivity index (χ0v) is 23.7. The monoisotopic (exact) mass is 568 g/mol. The maximum atomic E-state index is 15.0. The molecule has 0 aliphatic carbocycles. The van der Waals surface area contributed by atoms with Gasteiger partial charge in [-0.25, -0.2) is 9.37 Å². The van der Waals surface area contributed by atoms with E-state index in [0.717, 1.165) is 67.9 Å². The van der Waals surface area contributed by atoms with Crippen molar-refractivity contribution in [3.63, 3.8) is 0 Å². The van der Waals surface area contributed by atoms with Crippen molar-refractivity contribution in [1.29, 1.82) is 0 Å². The van der Waals surface area contributed by atoms with Gasteiger partial charge in [-0.1, -0.05) is 12.5 Å². The summed E-state index contributed by atoms with van der Waals surface area (Å²) in [6, 6.07) is 6.49. The number of anilines is 1. The van der Waals surface area contributed by atoms with Gasteiger partial charge in [-0.15, -0.1) is 11.3 Å². The van der Waals surface area contributed by atoms with Crippen LogP contribution < -0.4 is 10.1 Å². The van der Waals surface area contributed by atoms with Crippen LogP contribution in [0.3, 0.4) is 0 Å². The number of unbranched alkanes of at least 4 members (excludes halogenated alkanes) is 2. The highest BCUT2D eigenvalue weighted by molar-refractivity contribution is 7.09. The first-order chi connectivity index (χ1) is 19.5. The van der Waals surface area contributed by atoms with Crippen LogP contribution in [0.2, 0.25) is 0 Å². The molecule has 2 aliphatic heterocycles. The van der Waals surface area contributed by atoms with Gasteiger partial charge in [0.05, 0.1) is 18.7 Å². The fraction of sp³-hybridized carbons (Fsp3) is 0.500. The van der Waals surface area contributed by atoms with Gasteiger partial charge in [0.1, 0.15) is 11.9 Å². The number of ether oxygens (including phenoxy) is 2. The Morgan fingerprint density at radius 1 is 1.30 bits per heavy atom. The number of likely N-dealkylation sites (tertiary alicyclic amines) is 1. The molecule has 2 atom stereocenters. The molecule has 40 heavy (non-hydrogen) atoms. The number of aryl methyl sites for hydroxylation is 2. The van der Waals surface area contributed by atoms with Gasteiger partial charge in [0.25, 0.3) is 0 Å². The van der Waals surface area contributed by atoms with Crippen molar-refractivity contribution >= 4 is 23.1 Å². The number of thiazole rings is 1. The summed E-state index contributed by atoms with van der Waals surface area (Å²) in [5, 5.41) is 13.6. The number of rotatable bonds is 13. The number of aromatic nitrogens is 2. The van der Waals surface area contributed by atoms with Crippen LogP contribution in [0.15, 0.2) is 36.0 Å². The van der Waals surface area contributed by atoms with Crippen molar-refractivity contribution in [3.8, 4) is 5.75 Å². The van der Waals surface area contributed by atoms with Crippen LogP contribution in [0, 0.1) is 5.82 Å². The summed E-state index contributed by atoms with van der Waals surface area (Å²) in [7, 11) is 1.37. The van der Waals surface area contributed by atoms with Crippen LogP contribution >= 0.6 is 11.3 Å². The summed E-state index contributed by atoms with van der Waals surface area (Å²) in [5.41, 5.74) is 5.19. The number of carboxylic acids is 1. The maximum Gasteiger partial charge on any atom is 0.325 e. The van der Waals surface area contributed by atoms with E-state index in [2.05, 4.69) is 22.4 Å². The van der Waals surface area contributed by atoms with E-state index in [9.17, 15) is 14.3 Å². The first kappa shape index (κ1) is 28.4. The molecular formula is C30H37FN4O4S. The Hall–Kier alpha value is -3.08. The maximum absolute atomic E-state index is 15.0. The predicted octanol–water partition coefficient (Wildman–Crippen LogP) is 5.26. The molecule has 8 nitrogen and oxygen atoms in total. The number of nitrogens with zero attached hydrogens (tertiary/aromatic N) is 3. The molecule has 0 unspecified atom stereocenters. The van der Waals surface area contributed by atoms with Crippen LogP contribution in [-0.4, -0.2) is 65.4 Å². The van der Waals surface area contributed by atoms with E-state index in [-0.39, 0.29) is 11.9 Å². The first-order valence-corrected chi connectivity index (χ1v) is 14.9. The van der Waals surface area contributed by atoms with Gasteiger partial charge < -0.3 is 19.9 Å². The lowest BCUT2D eigenvalue weighted by atomic mass is 9.99. The largest absolute Gasteiger partial charge is 0.493 e. The minimum atomic E-state index is -1.03. The number of aliphatic carboxylic acids is 1. The van der Waals surface area contributed by atoms with Gasteiger partial charge in [-0.3, -0.25) is 14.7 Å². The molecule has 0 spiro atoms. The van der Waals surface area contributed by atoms with Gasteiger partial charge in [-0.2, -0.15) is 0 Å². The number of pyridine rings is 1. The van der Waals surface area contributed by atoms with E-state index in [4.69, 9.17) is 14.5 Å². The standard InChI is InChI=1S/C30H37FN4O4S/c1-38-28-25(15-20(16-26(28)31)14-24-17-32-19-40-24)27(30(36)37)35-12-10-23(18-35)39-13-4-2-3-7-22-9-8-21-6-5-11-33-29(21)34-22/h8-9,15-17,19,23,27H,2-7,10-14,18H2,1H3,(H,33,34)(H,36,37)/t23-,27-/m1/s1. The Balaban J connectivity index is 1.12. The second-order valence-electron chi connectivity index (χ2n) is 10.5. The van der Waals surface area contributed by atoms with Crippen LogP contribution in [0.1, 0.15) is 65.4 Å². The van der Waals surface area contributed by atoms with E-state index in [0.29, 0.717) is 37.2 Å². The second-order valence-corrected chi connectivity index (χ2v) is 11.5. The lowest BCUT2D eigenvalue weighted by Gasteiger charge is -2.26. The highest BCUT2D eigenvalue weighted by Crippen LogP contribution is 2.36. The molecule has 2 aliphatic rings. The molecule has 1 fully saturated rings. The average molecular weight is 569 g/mol. The Morgan fingerprint density at radius 2 is 2.20 bits per heavy atom. The van der Waals surface area contributed by atoms with Crippen molar-refractivity contribution in [2.45, 2.75) is 63.5 Å². The third-order valence-corrected chi connectivity index (χ3v) is 8.43. The van der Waals surface area contributed by atoms with Crippen LogP contribution in [-0.2, 0) is 28.8 Å². The van der Waals surface area contributed by atoms with E-state index in [1.807, 2.05) is 4.90 Å². The molecule has 2 aromatic heterocycles. The van der Waals surface area contributed by atoms with Crippen LogP contribution in [0.25, 0.3) is 0 Å². The number of hydrogen-bond acceptors (Lipinski definition) is 8. The molecule has 5 rings (SSSR count). The Labute approximate surface area is 238 Å². The number of hydrogen-bond donors (Lipinski definition) is 2. The van der Waals surface area contributed by atoms with E-state index < -0.39 is 17.8 Å². The number of fused-ring (bicyclic) bond motifs is 1. The SMILES string of the molecule is COc1c(F)cc(Cc2cncs2)cc1[C@H](C(=O)O)N1CC[C@@H](OCCCCCc2ccc3c(n2)NCCC3)C1. The fourth-order valence-electron chi connectivity index (χ4n) is 5.68. The Morgan fingerprint density at radius 3 is 3.00 bits per heavy atom. The number of carboxylic acid groups (broad SMARTS) is 1. The molecule has 0 bridgehead atoms. The van der Waals surface area contributed by atoms with Crippen molar-refractivity contribution in [3.05, 3.63) is 69.1 Å². The topological polar surface area (TPSA) is 96.8 Å². The van der Waals surface area contributed by atoms with Gasteiger partial charge >= 0.3 is 5.97 Å². The smallest absolute Gasteiger partial charge is 0.325 e. The average Bonchev–Trinajstić information content (AvgIpc) is 3.63. The van der Waals surface area contributed by atoms with E-state index >= 15 is 0 Å². The third kappa shape index (κ3) is 6.97. The van der Waals surface area contributed by atoms with Crippen molar-refractivity contribution in [1.82, 2.24) is 14.9 Å². The van der Waals surface area contributed by atoms with Gasteiger partial charge in [0.15, 0.2) is 11.6 Å². The van der Waals surface area contributed by atoms with Crippen molar-refractivity contribution in [2.75, 3.05) is 38.7 Å². The number of nitrogens with one attached hydrogen (secondary N) is 1. The molecule has 0 saturated carbocycles. The molecule has 10 heteroatoms. The Bertz CT molecular complexity index is 1290. The summed E-state index contributed by atoms with van der Waals surface area (Å²) < 4.78 is 26.5. The molecule has 0 amide bonds. The number of benzene rings is 1. The lowest BCUT2D eigenvalue weighted by molar-refractivity contribution is -0.143. The molecular weight excluding hydrogens is 531 g/mol. The first-order valence-electron chi connectivity index (χ1n) is 14.1. The predicted molar refractivity (Wildman–Crippen MR) is 153 cm³/mol. The quantitative estimate of drug-likeness (QED) is 0.270. The van der Waals surface area contributed by atoms with Crippen molar-refractivity contribution < 1.29 is 23.8 Å². The summed E-state index contributed by atoms with van der Waals surface area (Å²) >= 11 is 1.48. The zero-order chi connectivity index (χ0) is 27.9. The molecule has 1 aromatic carbocycles. The summed E-state index contributed by atoms with van der Waals surface area (Å²) in [6.07, 6.45) is 9.17. The van der Waals surface area contributed by atoms with Gasteiger partial charge in [0.2, 0.25) is 0 Å². The fourth-order valence-corrected chi connectivity index (χ4v) is 6.31. The lowest BCUT2D eigenvalue weighted by Crippen LogP contribution is -2.34. The number of methoxy groups -OCH3 is 1. The normalized spacial score (nSPS) is 17.8. The summed E-state index contributed by atoms with van der Waals surface area (Å²) in [6.45, 7) is 2.67. The Kier molecular flexibility index (Phi) is 9.62. The van der Waals surface area contributed by atoms with Gasteiger partial charge in [0, 0.05) is 55.0 Å². The highest BCUT2D eigenvalue weighted by Gasteiger charge is 2.36. The zero-order valence-electron chi connectivity index (χ0n) is 22.9. The van der Waals surface area contributed by atoms with Gasteiger partial charge in [-0.05, 0) is 67.9 Å². The number of carbonyl (C=O) groups is 1. The summed E-state index contributed by atoms with van der Waals surface area (Å²) in [4.78, 5) is 24.1.